The van der Waals surface area contributed by atoms with E-state index in [-0.39, 0.29) is 17.5 Å². The van der Waals surface area contributed by atoms with Gasteiger partial charge in [0.2, 0.25) is 0 Å². The van der Waals surface area contributed by atoms with E-state index < -0.39 is 0 Å². The average Bonchev–Trinajstić information content (AvgIpc) is 3.26. The molecule has 28 heavy (non-hydrogen) atoms. The van der Waals surface area contributed by atoms with E-state index in [1.807, 2.05) is 30.3 Å². The molecule has 1 N–H and O–H groups in total. The maximum Gasteiger partial charge on any atom is 0.269 e. The Kier molecular flexibility index (Phi) is 5.23. The van der Waals surface area contributed by atoms with Crippen molar-refractivity contribution in [2.45, 2.75) is 25.4 Å². The highest BCUT2D eigenvalue weighted by Crippen LogP contribution is 2.18. The summed E-state index contributed by atoms with van der Waals surface area (Å²) in [4.78, 5) is 26.7. The van der Waals surface area contributed by atoms with E-state index in [2.05, 4.69) is 15.3 Å². The molecule has 1 aromatic carbocycles. The Hall–Kier alpha value is -3.35. The largest absolute Gasteiger partial charge is 0.472 e. The van der Waals surface area contributed by atoms with E-state index in [9.17, 15) is 9.59 Å². The Bertz CT molecular complexity index is 974. The highest BCUT2D eigenvalue weighted by molar-refractivity contribution is 5.93. The van der Waals surface area contributed by atoms with E-state index in [0.717, 1.165) is 37.2 Å². The molecule has 1 aliphatic heterocycles. The number of rotatable bonds is 5. The lowest BCUT2D eigenvalue weighted by Crippen LogP contribution is -2.45. The molecule has 144 valence electrons. The van der Waals surface area contributed by atoms with Crippen molar-refractivity contribution in [2.75, 3.05) is 18.0 Å². The average molecular weight is 378 g/mol. The van der Waals surface area contributed by atoms with Gasteiger partial charge in [-0.2, -0.15) is 5.10 Å². The topological polar surface area (TPSA) is 80.4 Å². The zero-order valence-corrected chi connectivity index (χ0v) is 15.5. The molecule has 0 atom stereocenters. The molecule has 1 amide bonds. The fourth-order valence-electron chi connectivity index (χ4n) is 3.42. The lowest BCUT2D eigenvalue weighted by Gasteiger charge is -2.33. The van der Waals surface area contributed by atoms with E-state index >= 15 is 0 Å². The van der Waals surface area contributed by atoms with Crippen LogP contribution in [0.15, 0.2) is 70.4 Å². The van der Waals surface area contributed by atoms with E-state index in [0.29, 0.717) is 12.1 Å². The molecule has 1 fully saturated rings. The predicted octanol–water partition coefficient (Wildman–Crippen LogP) is 2.28. The number of carbonyl (C=O) groups is 1. The van der Waals surface area contributed by atoms with Crippen LogP contribution in [0.3, 0.4) is 0 Å². The fourth-order valence-corrected chi connectivity index (χ4v) is 3.42. The highest BCUT2D eigenvalue weighted by Gasteiger charge is 2.22. The van der Waals surface area contributed by atoms with Crippen LogP contribution in [0.1, 0.15) is 28.8 Å². The number of carbonyl (C=O) groups excluding carboxylic acids is 1. The molecule has 3 aromatic rings. The molecule has 3 heterocycles. The molecule has 0 aliphatic carbocycles. The summed E-state index contributed by atoms with van der Waals surface area (Å²) < 4.78 is 6.42. The van der Waals surface area contributed by atoms with Gasteiger partial charge in [0.15, 0.2) is 0 Å². The maximum absolute atomic E-state index is 12.4. The normalized spacial score (nSPS) is 14.8. The van der Waals surface area contributed by atoms with Crippen molar-refractivity contribution in [3.05, 3.63) is 82.7 Å². The van der Waals surface area contributed by atoms with Gasteiger partial charge in [-0.05, 0) is 24.5 Å². The number of amides is 1. The van der Waals surface area contributed by atoms with E-state index in [1.165, 1.54) is 17.2 Å². The standard InChI is InChI=1S/C21H22N4O3/c26-20-12-19(13-22-25(20)14-16-4-2-1-3-5-16)24-9-6-18(7-10-24)23-21(27)17-8-11-28-15-17/h1-5,8,11-13,15,18H,6-7,9-10,14H2,(H,23,27). The van der Waals surface area contributed by atoms with Gasteiger partial charge >= 0.3 is 0 Å². The van der Waals surface area contributed by atoms with Crippen LogP contribution in [0.25, 0.3) is 0 Å². The smallest absolute Gasteiger partial charge is 0.269 e. The molecule has 0 unspecified atom stereocenters. The summed E-state index contributed by atoms with van der Waals surface area (Å²) in [5.41, 5.74) is 2.29. The third-order valence-corrected chi connectivity index (χ3v) is 5.01. The Balaban J connectivity index is 1.35. The zero-order chi connectivity index (χ0) is 19.3. The molecule has 4 rings (SSSR count). The van der Waals surface area contributed by atoms with Crippen LogP contribution in [0.4, 0.5) is 5.69 Å². The lowest BCUT2D eigenvalue weighted by molar-refractivity contribution is 0.0930. The monoisotopic (exact) mass is 378 g/mol. The number of anilines is 1. The number of nitrogens with zero attached hydrogens (tertiary/aromatic N) is 3. The molecule has 0 bridgehead atoms. The van der Waals surface area contributed by atoms with Gasteiger partial charge < -0.3 is 14.6 Å². The van der Waals surface area contributed by atoms with Crippen molar-refractivity contribution < 1.29 is 9.21 Å². The fraction of sp³-hybridized carbons (Fsp3) is 0.286. The Morgan fingerprint density at radius 3 is 2.64 bits per heavy atom. The Morgan fingerprint density at radius 1 is 1.18 bits per heavy atom. The second kappa shape index (κ2) is 8.12. The van der Waals surface area contributed by atoms with Crippen LogP contribution in [0, 0.1) is 0 Å². The number of hydrogen-bond acceptors (Lipinski definition) is 5. The Labute approximate surface area is 162 Å². The van der Waals surface area contributed by atoms with E-state index in [1.54, 1.807) is 18.3 Å². The molecule has 1 saturated heterocycles. The van der Waals surface area contributed by atoms with Crippen molar-refractivity contribution in [1.29, 1.82) is 0 Å². The van der Waals surface area contributed by atoms with Gasteiger partial charge in [-0.3, -0.25) is 9.59 Å². The van der Waals surface area contributed by atoms with Crippen molar-refractivity contribution in [1.82, 2.24) is 15.1 Å². The van der Waals surface area contributed by atoms with Gasteiger partial charge in [-0.25, -0.2) is 4.68 Å². The lowest BCUT2D eigenvalue weighted by atomic mass is 10.0. The SMILES string of the molecule is O=C(NC1CCN(c2cnn(Cc3ccccc3)c(=O)c2)CC1)c1ccoc1. The molecule has 0 saturated carbocycles. The number of furan rings is 1. The minimum atomic E-state index is -0.114. The van der Waals surface area contributed by atoms with Crippen LogP contribution in [-0.2, 0) is 6.54 Å². The zero-order valence-electron chi connectivity index (χ0n) is 15.5. The molecule has 0 spiro atoms. The van der Waals surface area contributed by atoms with Gasteiger partial charge in [0.05, 0.1) is 30.3 Å². The summed E-state index contributed by atoms with van der Waals surface area (Å²) in [5.74, 6) is -0.114. The van der Waals surface area contributed by atoms with Crippen LogP contribution in [0.5, 0.6) is 0 Å². The van der Waals surface area contributed by atoms with Crippen molar-refractivity contribution >= 4 is 11.6 Å². The third kappa shape index (κ3) is 4.14. The minimum Gasteiger partial charge on any atom is -0.472 e. The van der Waals surface area contributed by atoms with Gasteiger partial charge in [0.1, 0.15) is 6.26 Å². The highest BCUT2D eigenvalue weighted by atomic mass is 16.3. The van der Waals surface area contributed by atoms with Gasteiger partial charge in [-0.1, -0.05) is 30.3 Å². The van der Waals surface area contributed by atoms with Crippen LogP contribution in [0.2, 0.25) is 0 Å². The molecule has 7 nitrogen and oxygen atoms in total. The minimum absolute atomic E-state index is 0.114. The molecule has 2 aromatic heterocycles. The summed E-state index contributed by atoms with van der Waals surface area (Å²) in [6, 6.07) is 13.2. The molecule has 1 aliphatic rings. The number of piperidine rings is 1. The van der Waals surface area contributed by atoms with Gasteiger partial charge in [0.25, 0.3) is 11.5 Å². The Morgan fingerprint density at radius 2 is 1.96 bits per heavy atom. The summed E-state index contributed by atoms with van der Waals surface area (Å²) in [5, 5.41) is 7.37. The van der Waals surface area contributed by atoms with Crippen LogP contribution < -0.4 is 15.8 Å². The summed E-state index contributed by atoms with van der Waals surface area (Å²) in [7, 11) is 0. The summed E-state index contributed by atoms with van der Waals surface area (Å²) in [6.45, 7) is 1.99. The van der Waals surface area contributed by atoms with Crippen LogP contribution >= 0.6 is 0 Å². The van der Waals surface area contributed by atoms with Gasteiger partial charge in [0, 0.05) is 25.2 Å². The van der Waals surface area contributed by atoms with Crippen LogP contribution in [-0.4, -0.2) is 34.8 Å². The second-order valence-corrected chi connectivity index (χ2v) is 6.94. The van der Waals surface area contributed by atoms with Gasteiger partial charge in [-0.15, -0.1) is 0 Å². The first-order valence-electron chi connectivity index (χ1n) is 9.38. The number of nitrogens with one attached hydrogen (secondary N) is 1. The molecular weight excluding hydrogens is 356 g/mol. The summed E-state index contributed by atoms with van der Waals surface area (Å²) >= 11 is 0. The second-order valence-electron chi connectivity index (χ2n) is 6.94. The predicted molar refractivity (Wildman–Crippen MR) is 105 cm³/mol. The molecule has 7 heteroatoms. The van der Waals surface area contributed by atoms with E-state index in [4.69, 9.17) is 4.42 Å². The quantitative estimate of drug-likeness (QED) is 0.737. The molecule has 0 radical (unpaired) electrons. The number of aromatic nitrogens is 2. The number of benzene rings is 1. The first kappa shape index (κ1) is 18.0. The number of hydrogen-bond donors (Lipinski definition) is 1. The maximum atomic E-state index is 12.4. The third-order valence-electron chi connectivity index (χ3n) is 5.01. The first-order valence-corrected chi connectivity index (χ1v) is 9.38. The van der Waals surface area contributed by atoms with Crippen molar-refractivity contribution in [3.8, 4) is 0 Å². The van der Waals surface area contributed by atoms with Crippen molar-refractivity contribution in [2.24, 2.45) is 0 Å². The molecular formula is C21H22N4O3. The van der Waals surface area contributed by atoms with Crippen molar-refractivity contribution in [3.63, 3.8) is 0 Å². The first-order chi connectivity index (χ1) is 13.7. The summed E-state index contributed by atoms with van der Waals surface area (Å²) in [6.07, 6.45) is 6.31.